The fourth-order valence-corrected chi connectivity index (χ4v) is 3.08. The van der Waals surface area contributed by atoms with Crippen LogP contribution in [0.15, 0.2) is 0 Å². The Hall–Kier alpha value is 0.110. The van der Waals surface area contributed by atoms with Crippen LogP contribution >= 0.6 is 0 Å². The Morgan fingerprint density at radius 3 is 2.00 bits per heavy atom. The first kappa shape index (κ1) is 13.1. The van der Waals surface area contributed by atoms with Crippen LogP contribution in [-0.4, -0.2) is 28.8 Å². The lowest BCUT2D eigenvalue weighted by Crippen LogP contribution is -2.36. The molecule has 0 aromatic carbocycles. The molecule has 0 bridgehead atoms. The average molecular weight is 205 g/mol. The van der Waals surface area contributed by atoms with Gasteiger partial charge in [0.25, 0.3) is 0 Å². The Morgan fingerprint density at radius 1 is 1.15 bits per heavy atom. The van der Waals surface area contributed by atoms with Crippen LogP contribution < -0.4 is 5.32 Å². The summed E-state index contributed by atoms with van der Waals surface area (Å²) in [5.41, 5.74) is 0. The molecule has 0 amide bonds. The van der Waals surface area contributed by atoms with E-state index in [2.05, 4.69) is 33.0 Å². The summed E-state index contributed by atoms with van der Waals surface area (Å²) < 4.78 is 11.6. The fraction of sp³-hybridized carbons (Fsp3) is 1.00. The van der Waals surface area contributed by atoms with Crippen molar-refractivity contribution in [3.63, 3.8) is 0 Å². The highest BCUT2D eigenvalue weighted by Crippen LogP contribution is 2.05. The summed E-state index contributed by atoms with van der Waals surface area (Å²) in [7, 11) is 1.28. The van der Waals surface area contributed by atoms with Gasteiger partial charge in [-0.2, -0.15) is 0 Å². The maximum atomic E-state index is 11.6. The van der Waals surface area contributed by atoms with Gasteiger partial charge in [0.2, 0.25) is 0 Å². The van der Waals surface area contributed by atoms with Crippen LogP contribution in [0.5, 0.6) is 0 Å². The minimum atomic E-state index is -0.663. The summed E-state index contributed by atoms with van der Waals surface area (Å²) in [6, 6.07) is 0.389. The molecule has 2 atom stereocenters. The monoisotopic (exact) mass is 205 g/mol. The van der Waals surface area contributed by atoms with Crippen molar-refractivity contribution >= 4 is 10.8 Å². The molecule has 13 heavy (non-hydrogen) atoms. The second-order valence-electron chi connectivity index (χ2n) is 4.31. The van der Waals surface area contributed by atoms with Crippen LogP contribution in [0.4, 0.5) is 0 Å². The smallest absolute Gasteiger partial charge is 0.0391 e. The van der Waals surface area contributed by atoms with Crippen molar-refractivity contribution in [2.45, 2.75) is 33.7 Å². The van der Waals surface area contributed by atoms with Crippen LogP contribution in [0, 0.1) is 11.8 Å². The van der Waals surface area contributed by atoms with E-state index in [1.165, 1.54) is 0 Å². The summed E-state index contributed by atoms with van der Waals surface area (Å²) in [4.78, 5) is 0. The van der Waals surface area contributed by atoms with Crippen molar-refractivity contribution in [1.29, 1.82) is 0 Å². The standard InChI is InChI=1S/C10H23NOS/c1-8(2)6-13(12)7-10(11-5)9(3)4/h8-11H,6-7H2,1-5H3. The largest absolute Gasteiger partial charge is 0.316 e. The Labute approximate surface area is 84.9 Å². The van der Waals surface area contributed by atoms with Gasteiger partial charge in [-0.05, 0) is 18.9 Å². The second-order valence-corrected chi connectivity index (χ2v) is 5.85. The molecule has 0 aliphatic heterocycles. The van der Waals surface area contributed by atoms with E-state index in [4.69, 9.17) is 0 Å². The van der Waals surface area contributed by atoms with Crippen molar-refractivity contribution in [3.05, 3.63) is 0 Å². The molecule has 3 heteroatoms. The molecule has 2 unspecified atom stereocenters. The van der Waals surface area contributed by atoms with Crippen LogP contribution in [0.25, 0.3) is 0 Å². The molecule has 0 saturated carbocycles. The van der Waals surface area contributed by atoms with E-state index in [9.17, 15) is 4.21 Å². The van der Waals surface area contributed by atoms with Gasteiger partial charge in [0.1, 0.15) is 0 Å². The summed E-state index contributed by atoms with van der Waals surface area (Å²) in [5, 5.41) is 3.21. The van der Waals surface area contributed by atoms with E-state index in [0.717, 1.165) is 11.5 Å². The number of hydrogen-bond acceptors (Lipinski definition) is 2. The van der Waals surface area contributed by atoms with Gasteiger partial charge in [-0.3, -0.25) is 4.21 Å². The SMILES string of the molecule is CNC(CS(=O)CC(C)C)C(C)C. The van der Waals surface area contributed by atoms with Crippen LogP contribution in [0.2, 0.25) is 0 Å². The van der Waals surface area contributed by atoms with Crippen molar-refractivity contribution < 1.29 is 4.21 Å². The first-order valence-electron chi connectivity index (χ1n) is 4.99. The van der Waals surface area contributed by atoms with E-state index in [1.54, 1.807) is 0 Å². The molecular weight excluding hydrogens is 182 g/mol. The molecule has 0 aliphatic rings. The topological polar surface area (TPSA) is 29.1 Å². The molecular formula is C10H23NOS. The Balaban J connectivity index is 3.87. The van der Waals surface area contributed by atoms with Gasteiger partial charge in [0.05, 0.1) is 0 Å². The van der Waals surface area contributed by atoms with Crippen molar-refractivity contribution in [2.24, 2.45) is 11.8 Å². The average Bonchev–Trinajstić information content (AvgIpc) is 1.98. The second kappa shape index (κ2) is 6.55. The van der Waals surface area contributed by atoms with E-state index in [-0.39, 0.29) is 0 Å². The number of rotatable bonds is 6. The minimum absolute atomic E-state index is 0.389. The van der Waals surface area contributed by atoms with E-state index in [0.29, 0.717) is 17.9 Å². The Bertz CT molecular complexity index is 157. The molecule has 80 valence electrons. The van der Waals surface area contributed by atoms with Gasteiger partial charge in [-0.1, -0.05) is 27.7 Å². The van der Waals surface area contributed by atoms with Crippen molar-refractivity contribution in [2.75, 3.05) is 18.6 Å². The molecule has 0 aromatic rings. The predicted octanol–water partition coefficient (Wildman–Crippen LogP) is 1.64. The quantitative estimate of drug-likeness (QED) is 0.714. The third-order valence-corrected chi connectivity index (χ3v) is 3.83. The highest BCUT2D eigenvalue weighted by molar-refractivity contribution is 7.85. The van der Waals surface area contributed by atoms with E-state index >= 15 is 0 Å². The van der Waals surface area contributed by atoms with Crippen LogP contribution in [0.1, 0.15) is 27.7 Å². The first-order chi connectivity index (χ1) is 5.97. The maximum absolute atomic E-state index is 11.6. The summed E-state index contributed by atoms with van der Waals surface area (Å²) in [6.07, 6.45) is 0. The molecule has 0 radical (unpaired) electrons. The highest BCUT2D eigenvalue weighted by atomic mass is 32.2. The van der Waals surface area contributed by atoms with Gasteiger partial charge in [0, 0.05) is 28.3 Å². The normalized spacial score (nSPS) is 16.5. The molecule has 0 heterocycles. The Kier molecular flexibility index (Phi) is 6.60. The van der Waals surface area contributed by atoms with Gasteiger partial charge < -0.3 is 5.32 Å². The minimum Gasteiger partial charge on any atom is -0.316 e. The summed E-state index contributed by atoms with van der Waals surface area (Å²) in [5.74, 6) is 2.70. The van der Waals surface area contributed by atoms with E-state index in [1.807, 2.05) is 7.05 Å². The highest BCUT2D eigenvalue weighted by Gasteiger charge is 2.14. The zero-order valence-electron chi connectivity index (χ0n) is 9.46. The Morgan fingerprint density at radius 2 is 1.69 bits per heavy atom. The molecule has 0 aliphatic carbocycles. The summed E-state index contributed by atoms with van der Waals surface area (Å²) >= 11 is 0. The first-order valence-corrected chi connectivity index (χ1v) is 6.48. The maximum Gasteiger partial charge on any atom is 0.0391 e. The van der Waals surface area contributed by atoms with E-state index < -0.39 is 10.8 Å². The number of hydrogen-bond donors (Lipinski definition) is 1. The van der Waals surface area contributed by atoms with Crippen LogP contribution in [0.3, 0.4) is 0 Å². The molecule has 0 spiro atoms. The molecule has 2 nitrogen and oxygen atoms in total. The lowest BCUT2D eigenvalue weighted by Gasteiger charge is -2.19. The molecule has 0 aromatic heterocycles. The van der Waals surface area contributed by atoms with Crippen molar-refractivity contribution in [3.8, 4) is 0 Å². The zero-order chi connectivity index (χ0) is 10.4. The van der Waals surface area contributed by atoms with Gasteiger partial charge in [-0.15, -0.1) is 0 Å². The molecule has 0 fully saturated rings. The van der Waals surface area contributed by atoms with Gasteiger partial charge >= 0.3 is 0 Å². The lowest BCUT2D eigenvalue weighted by molar-refractivity contribution is 0.461. The third-order valence-electron chi connectivity index (χ3n) is 2.06. The zero-order valence-corrected chi connectivity index (χ0v) is 10.3. The van der Waals surface area contributed by atoms with Gasteiger partial charge in [-0.25, -0.2) is 0 Å². The molecule has 1 N–H and O–H groups in total. The van der Waals surface area contributed by atoms with Crippen LogP contribution in [-0.2, 0) is 10.8 Å². The molecule has 0 rings (SSSR count). The fourth-order valence-electron chi connectivity index (χ4n) is 1.25. The lowest BCUT2D eigenvalue weighted by atomic mass is 10.1. The van der Waals surface area contributed by atoms with Gasteiger partial charge in [0.15, 0.2) is 0 Å². The summed E-state index contributed by atoms with van der Waals surface area (Å²) in [6.45, 7) is 8.55. The van der Waals surface area contributed by atoms with Crippen molar-refractivity contribution in [1.82, 2.24) is 5.32 Å². The number of nitrogens with one attached hydrogen (secondary N) is 1. The third kappa shape index (κ3) is 6.22. The molecule has 0 saturated heterocycles. The predicted molar refractivity (Wildman–Crippen MR) is 60.4 cm³/mol.